The smallest absolute Gasteiger partial charge is 0.273 e. The molecule has 24 heavy (non-hydrogen) atoms. The molecule has 1 fully saturated rings. The molecule has 0 aliphatic carbocycles. The van der Waals surface area contributed by atoms with E-state index in [9.17, 15) is 4.79 Å². The Morgan fingerprint density at radius 2 is 1.79 bits per heavy atom. The molecule has 6 heteroatoms. The van der Waals surface area contributed by atoms with E-state index in [0.717, 1.165) is 47.3 Å². The summed E-state index contributed by atoms with van der Waals surface area (Å²) >= 11 is 1.54. The second-order valence-corrected chi connectivity index (χ2v) is 6.82. The normalized spacial score (nSPS) is 15.0. The van der Waals surface area contributed by atoms with Crippen LogP contribution in [0.15, 0.2) is 29.1 Å². The van der Waals surface area contributed by atoms with Crippen molar-refractivity contribution in [3.63, 3.8) is 0 Å². The number of nitrogens with zero attached hydrogens (tertiary/aromatic N) is 2. The van der Waals surface area contributed by atoms with E-state index in [-0.39, 0.29) is 5.56 Å². The van der Waals surface area contributed by atoms with Gasteiger partial charge in [-0.1, -0.05) is 24.2 Å². The zero-order valence-electron chi connectivity index (χ0n) is 14.1. The van der Waals surface area contributed by atoms with Crippen LogP contribution in [0.3, 0.4) is 0 Å². The third-order valence-corrected chi connectivity index (χ3v) is 5.30. The van der Waals surface area contributed by atoms with Gasteiger partial charge in [-0.05, 0) is 25.0 Å². The van der Waals surface area contributed by atoms with Crippen LogP contribution in [0.25, 0.3) is 10.4 Å². The van der Waals surface area contributed by atoms with Crippen molar-refractivity contribution in [2.24, 2.45) is 0 Å². The van der Waals surface area contributed by atoms with Crippen molar-refractivity contribution in [3.05, 3.63) is 34.6 Å². The summed E-state index contributed by atoms with van der Waals surface area (Å²) in [5.74, 6) is 1.42. The fourth-order valence-corrected chi connectivity index (χ4v) is 4.00. The number of aromatic nitrogens is 1. The standard InChI is InChI=1S/C18H22N2O3S/c1-22-13-7-8-14(15(11-13)23-2)16-12-17(21)19-18(24-16)20-9-5-3-4-6-10-20/h7-8,11-12H,3-6,9-10H2,1-2H3. The number of hydrogen-bond acceptors (Lipinski definition) is 6. The highest BCUT2D eigenvalue weighted by Crippen LogP contribution is 2.37. The van der Waals surface area contributed by atoms with E-state index < -0.39 is 0 Å². The lowest BCUT2D eigenvalue weighted by atomic mass is 10.1. The van der Waals surface area contributed by atoms with Crippen LogP contribution in [0.4, 0.5) is 5.13 Å². The topological polar surface area (TPSA) is 51.7 Å². The van der Waals surface area contributed by atoms with Gasteiger partial charge in [0.2, 0.25) is 0 Å². The molecule has 0 N–H and O–H groups in total. The Morgan fingerprint density at radius 3 is 2.46 bits per heavy atom. The number of benzene rings is 1. The van der Waals surface area contributed by atoms with Gasteiger partial charge in [0.15, 0.2) is 5.13 Å². The maximum absolute atomic E-state index is 12.1. The zero-order valence-corrected chi connectivity index (χ0v) is 14.9. The molecule has 0 radical (unpaired) electrons. The lowest BCUT2D eigenvalue weighted by Crippen LogP contribution is -2.26. The first-order valence-electron chi connectivity index (χ1n) is 8.21. The molecule has 1 aliphatic heterocycles. The molecule has 0 bridgehead atoms. The van der Waals surface area contributed by atoms with Gasteiger partial charge in [-0.2, -0.15) is 4.98 Å². The van der Waals surface area contributed by atoms with Gasteiger partial charge in [-0.3, -0.25) is 4.79 Å². The first kappa shape index (κ1) is 16.8. The SMILES string of the molecule is COc1ccc(-c2cc(=O)nc(N3CCCCCC3)s2)c(OC)c1. The molecule has 0 unspecified atom stereocenters. The zero-order chi connectivity index (χ0) is 16.9. The van der Waals surface area contributed by atoms with Crippen molar-refractivity contribution in [3.8, 4) is 21.9 Å². The summed E-state index contributed by atoms with van der Waals surface area (Å²) in [7, 11) is 3.24. The summed E-state index contributed by atoms with van der Waals surface area (Å²) in [5.41, 5.74) is 0.680. The Morgan fingerprint density at radius 1 is 1.04 bits per heavy atom. The average molecular weight is 346 g/mol. The lowest BCUT2D eigenvalue weighted by Gasteiger charge is -2.20. The van der Waals surface area contributed by atoms with Crippen molar-refractivity contribution >= 4 is 16.5 Å². The molecule has 1 aromatic carbocycles. The minimum atomic E-state index is -0.208. The van der Waals surface area contributed by atoms with Crippen LogP contribution in [-0.2, 0) is 0 Å². The fraction of sp³-hybridized carbons (Fsp3) is 0.444. The molecule has 1 aliphatic rings. The number of hydrogen-bond donors (Lipinski definition) is 0. The van der Waals surface area contributed by atoms with Gasteiger partial charge >= 0.3 is 0 Å². The summed E-state index contributed by atoms with van der Waals surface area (Å²) in [6, 6.07) is 7.21. The largest absolute Gasteiger partial charge is 0.497 e. The van der Waals surface area contributed by atoms with Gasteiger partial charge in [0, 0.05) is 35.7 Å². The van der Waals surface area contributed by atoms with Crippen LogP contribution in [0.1, 0.15) is 25.7 Å². The van der Waals surface area contributed by atoms with Crippen molar-refractivity contribution in [1.82, 2.24) is 4.98 Å². The van der Waals surface area contributed by atoms with E-state index in [1.54, 1.807) is 31.6 Å². The molecular weight excluding hydrogens is 324 g/mol. The molecule has 3 rings (SSSR count). The van der Waals surface area contributed by atoms with E-state index >= 15 is 0 Å². The lowest BCUT2D eigenvalue weighted by molar-refractivity contribution is 0.395. The molecule has 1 aromatic heterocycles. The molecule has 0 spiro atoms. The van der Waals surface area contributed by atoms with E-state index in [1.807, 2.05) is 18.2 Å². The highest BCUT2D eigenvalue weighted by molar-refractivity contribution is 7.18. The van der Waals surface area contributed by atoms with Crippen LogP contribution in [0.2, 0.25) is 0 Å². The number of rotatable bonds is 4. The Hall–Kier alpha value is -2.08. The molecular formula is C18H22N2O3S. The highest BCUT2D eigenvalue weighted by Gasteiger charge is 2.16. The van der Waals surface area contributed by atoms with E-state index in [4.69, 9.17) is 9.47 Å². The first-order valence-corrected chi connectivity index (χ1v) is 9.02. The van der Waals surface area contributed by atoms with Gasteiger partial charge in [0.25, 0.3) is 5.56 Å². The number of methoxy groups -OCH3 is 2. The molecule has 0 atom stereocenters. The number of anilines is 1. The van der Waals surface area contributed by atoms with Crippen LogP contribution < -0.4 is 19.9 Å². The summed E-state index contributed by atoms with van der Waals surface area (Å²) in [4.78, 5) is 19.5. The van der Waals surface area contributed by atoms with Crippen LogP contribution in [0.5, 0.6) is 11.5 Å². The van der Waals surface area contributed by atoms with Crippen molar-refractivity contribution < 1.29 is 9.47 Å². The van der Waals surface area contributed by atoms with Gasteiger partial charge in [-0.25, -0.2) is 0 Å². The maximum Gasteiger partial charge on any atom is 0.273 e. The maximum atomic E-state index is 12.1. The predicted octanol–water partition coefficient (Wildman–Crippen LogP) is 3.57. The predicted molar refractivity (Wildman–Crippen MR) is 97.6 cm³/mol. The van der Waals surface area contributed by atoms with Crippen molar-refractivity contribution in [1.29, 1.82) is 0 Å². The van der Waals surface area contributed by atoms with E-state index in [0.29, 0.717) is 5.75 Å². The Bertz CT molecular complexity index is 752. The second-order valence-electron chi connectivity index (χ2n) is 5.81. The average Bonchev–Trinajstić information content (AvgIpc) is 2.90. The summed E-state index contributed by atoms with van der Waals surface area (Å²) in [6.07, 6.45) is 4.80. The third-order valence-electron chi connectivity index (χ3n) is 4.21. The van der Waals surface area contributed by atoms with Crippen molar-refractivity contribution in [2.75, 3.05) is 32.2 Å². The van der Waals surface area contributed by atoms with Gasteiger partial charge in [0.1, 0.15) is 11.5 Å². The first-order chi connectivity index (χ1) is 11.7. The summed E-state index contributed by atoms with van der Waals surface area (Å²) in [6.45, 7) is 1.93. The Balaban J connectivity index is 2.01. The van der Waals surface area contributed by atoms with Gasteiger partial charge < -0.3 is 14.4 Å². The summed E-state index contributed by atoms with van der Waals surface area (Å²) in [5, 5.41) is 0.803. The molecule has 5 nitrogen and oxygen atoms in total. The van der Waals surface area contributed by atoms with Crippen LogP contribution >= 0.6 is 11.3 Å². The number of ether oxygens (including phenoxy) is 2. The quantitative estimate of drug-likeness (QED) is 0.847. The fourth-order valence-electron chi connectivity index (χ4n) is 2.92. The van der Waals surface area contributed by atoms with Gasteiger partial charge in [0.05, 0.1) is 14.2 Å². The monoisotopic (exact) mass is 346 g/mol. The minimum absolute atomic E-state index is 0.208. The Kier molecular flexibility index (Phi) is 5.35. The van der Waals surface area contributed by atoms with Crippen LogP contribution in [-0.4, -0.2) is 32.3 Å². The Labute approximate surface area is 145 Å². The highest BCUT2D eigenvalue weighted by atomic mass is 32.1. The molecule has 2 aromatic rings. The molecule has 0 amide bonds. The van der Waals surface area contributed by atoms with E-state index in [1.165, 1.54) is 12.8 Å². The molecule has 128 valence electrons. The molecule has 1 saturated heterocycles. The molecule has 2 heterocycles. The van der Waals surface area contributed by atoms with Gasteiger partial charge in [-0.15, -0.1) is 0 Å². The minimum Gasteiger partial charge on any atom is -0.497 e. The molecule has 0 saturated carbocycles. The van der Waals surface area contributed by atoms with Crippen LogP contribution in [0, 0.1) is 0 Å². The summed E-state index contributed by atoms with van der Waals surface area (Å²) < 4.78 is 10.7. The third kappa shape index (κ3) is 3.70. The van der Waals surface area contributed by atoms with E-state index in [2.05, 4.69) is 9.88 Å². The second kappa shape index (κ2) is 7.66. The van der Waals surface area contributed by atoms with Crippen molar-refractivity contribution in [2.45, 2.75) is 25.7 Å².